The fourth-order valence-electron chi connectivity index (χ4n) is 3.57. The van der Waals surface area contributed by atoms with E-state index in [0.29, 0.717) is 0 Å². The Morgan fingerprint density at radius 3 is 2.20 bits per heavy atom. The second-order valence-electron chi connectivity index (χ2n) is 6.05. The van der Waals surface area contributed by atoms with Crippen molar-refractivity contribution in [1.82, 2.24) is 0 Å². The maximum absolute atomic E-state index is 11.1. The van der Waals surface area contributed by atoms with Gasteiger partial charge in [0.2, 0.25) is 0 Å². The van der Waals surface area contributed by atoms with Gasteiger partial charge in [0, 0.05) is 0 Å². The molecule has 0 amide bonds. The molecule has 0 heterocycles. The van der Waals surface area contributed by atoms with Gasteiger partial charge >= 0.3 is 10.4 Å². The molecule has 4 aromatic carbocycles. The van der Waals surface area contributed by atoms with Crippen LogP contribution in [0.1, 0.15) is 11.1 Å². The summed E-state index contributed by atoms with van der Waals surface area (Å²) in [6.45, 7) is 1.86. The van der Waals surface area contributed by atoms with E-state index < -0.39 is 10.4 Å². The predicted octanol–water partition coefficient (Wildman–Crippen LogP) is 4.77. The van der Waals surface area contributed by atoms with E-state index in [1.807, 2.05) is 48.5 Å². The highest BCUT2D eigenvalue weighted by atomic mass is 32.3. The van der Waals surface area contributed by atoms with Crippen molar-refractivity contribution < 1.29 is 17.2 Å². The Kier molecular flexibility index (Phi) is 3.72. The maximum atomic E-state index is 11.1. The Balaban J connectivity index is 2.16. The summed E-state index contributed by atoms with van der Waals surface area (Å²) in [7, 11) is -4.51. The third-order valence-corrected chi connectivity index (χ3v) is 5.05. The van der Waals surface area contributed by atoms with E-state index in [4.69, 9.17) is 8.74 Å². The molecule has 4 aromatic rings. The Hall–Kier alpha value is -2.47. The lowest BCUT2D eigenvalue weighted by Gasteiger charge is -2.16. The summed E-state index contributed by atoms with van der Waals surface area (Å²) in [5.74, 6) is 0. The molecule has 0 fully saturated rings. The zero-order valence-electron chi connectivity index (χ0n) is 13.6. The van der Waals surface area contributed by atoms with Crippen molar-refractivity contribution in [1.29, 1.82) is 0 Å². The largest absolute Gasteiger partial charge is 0.397 e. The van der Waals surface area contributed by atoms with Gasteiger partial charge in [-0.15, -0.1) is 0 Å². The van der Waals surface area contributed by atoms with Gasteiger partial charge < -0.3 is 0 Å². The normalized spacial score (nSPS) is 12.2. The van der Waals surface area contributed by atoms with Crippen LogP contribution in [0.4, 0.5) is 0 Å². The van der Waals surface area contributed by atoms with Gasteiger partial charge in [0.1, 0.15) is 0 Å². The molecular formula is C20H16O4S. The van der Waals surface area contributed by atoms with Crippen LogP contribution in [0.15, 0.2) is 60.7 Å². The highest BCUT2D eigenvalue weighted by Crippen LogP contribution is 2.37. The monoisotopic (exact) mass is 352 g/mol. The molecule has 0 unspecified atom stereocenters. The third-order valence-electron chi connectivity index (χ3n) is 4.64. The molecule has 0 aliphatic heterocycles. The van der Waals surface area contributed by atoms with Crippen LogP contribution in [-0.2, 0) is 21.2 Å². The summed E-state index contributed by atoms with van der Waals surface area (Å²) in [6, 6.07) is 19.9. The van der Waals surface area contributed by atoms with Crippen LogP contribution < -0.4 is 0 Å². The second kappa shape index (κ2) is 5.81. The lowest BCUT2D eigenvalue weighted by atomic mass is 9.90. The molecule has 0 aliphatic rings. The molecule has 4 rings (SSSR count). The highest BCUT2D eigenvalue weighted by Gasteiger charge is 2.15. The van der Waals surface area contributed by atoms with Gasteiger partial charge in [-0.05, 0) is 50.4 Å². The molecule has 0 saturated carbocycles. The topological polar surface area (TPSA) is 63.6 Å². The van der Waals surface area contributed by atoms with E-state index in [1.54, 1.807) is 0 Å². The van der Waals surface area contributed by atoms with Crippen molar-refractivity contribution in [3.05, 3.63) is 71.8 Å². The molecule has 0 bridgehead atoms. The maximum Gasteiger partial charge on any atom is 0.397 e. The average molecular weight is 352 g/mol. The second-order valence-corrected chi connectivity index (χ2v) is 7.14. The SMILES string of the molecule is Cc1c2ccccc2c(COS(=O)(=O)O)c2ccc3ccccc3c12. The van der Waals surface area contributed by atoms with Crippen molar-refractivity contribution in [3.8, 4) is 0 Å². The van der Waals surface area contributed by atoms with Crippen LogP contribution in [0.2, 0.25) is 0 Å². The number of hydrogen-bond acceptors (Lipinski definition) is 3. The van der Waals surface area contributed by atoms with Crippen LogP contribution in [-0.4, -0.2) is 13.0 Å². The zero-order valence-corrected chi connectivity index (χ0v) is 14.4. The molecule has 1 N–H and O–H groups in total. The molecule has 126 valence electrons. The summed E-state index contributed by atoms with van der Waals surface area (Å²) in [4.78, 5) is 0. The standard InChI is InChI=1S/C20H16O4S/c1-13-15-7-4-5-9-17(15)19(12-24-25(21,22)23)18-11-10-14-6-2-3-8-16(14)20(13)18/h2-11H,12H2,1H3,(H,21,22,23). The molecule has 0 radical (unpaired) electrons. The summed E-state index contributed by atoms with van der Waals surface area (Å²) in [5.41, 5.74) is 1.89. The molecule has 0 aromatic heterocycles. The van der Waals surface area contributed by atoms with Crippen LogP contribution in [0.5, 0.6) is 0 Å². The molecule has 0 spiro atoms. The number of fused-ring (bicyclic) bond motifs is 4. The van der Waals surface area contributed by atoms with E-state index in [2.05, 4.69) is 19.1 Å². The summed E-state index contributed by atoms with van der Waals surface area (Å²) in [6.07, 6.45) is 0. The molecular weight excluding hydrogens is 336 g/mol. The lowest BCUT2D eigenvalue weighted by Crippen LogP contribution is -2.05. The zero-order chi connectivity index (χ0) is 17.6. The minimum Gasteiger partial charge on any atom is -0.264 e. The first kappa shape index (κ1) is 16.0. The van der Waals surface area contributed by atoms with E-state index in [9.17, 15) is 8.42 Å². The minimum absolute atomic E-state index is 0.214. The smallest absolute Gasteiger partial charge is 0.264 e. The van der Waals surface area contributed by atoms with Gasteiger partial charge in [0.25, 0.3) is 0 Å². The molecule has 5 heteroatoms. The number of hydrogen-bond donors (Lipinski definition) is 1. The number of rotatable bonds is 3. The van der Waals surface area contributed by atoms with Crippen molar-refractivity contribution >= 4 is 42.7 Å². The summed E-state index contributed by atoms with van der Waals surface area (Å²) in [5, 5.41) is 6.20. The van der Waals surface area contributed by atoms with Crippen molar-refractivity contribution in [2.45, 2.75) is 13.5 Å². The summed E-state index contributed by atoms with van der Waals surface area (Å²) < 4.78 is 35.9. The van der Waals surface area contributed by atoms with E-state index in [0.717, 1.165) is 43.4 Å². The summed E-state index contributed by atoms with van der Waals surface area (Å²) >= 11 is 0. The van der Waals surface area contributed by atoms with Gasteiger partial charge in [-0.1, -0.05) is 60.7 Å². The Labute approximate surface area is 145 Å². The lowest BCUT2D eigenvalue weighted by molar-refractivity contribution is 0.261. The van der Waals surface area contributed by atoms with Crippen molar-refractivity contribution in [3.63, 3.8) is 0 Å². The Bertz CT molecular complexity index is 1230. The first-order valence-electron chi connectivity index (χ1n) is 7.89. The van der Waals surface area contributed by atoms with Crippen LogP contribution in [0.25, 0.3) is 32.3 Å². The van der Waals surface area contributed by atoms with Gasteiger partial charge in [0.05, 0.1) is 6.61 Å². The van der Waals surface area contributed by atoms with Crippen molar-refractivity contribution in [2.75, 3.05) is 0 Å². The molecule has 0 atom stereocenters. The van der Waals surface area contributed by atoms with E-state index in [-0.39, 0.29) is 6.61 Å². The van der Waals surface area contributed by atoms with Gasteiger partial charge in [-0.2, -0.15) is 8.42 Å². The molecule has 25 heavy (non-hydrogen) atoms. The first-order chi connectivity index (χ1) is 12.0. The highest BCUT2D eigenvalue weighted by molar-refractivity contribution is 7.80. The first-order valence-corrected chi connectivity index (χ1v) is 9.26. The number of aryl methyl sites for hydroxylation is 1. The number of benzene rings is 4. The van der Waals surface area contributed by atoms with E-state index in [1.165, 1.54) is 0 Å². The van der Waals surface area contributed by atoms with Crippen molar-refractivity contribution in [2.24, 2.45) is 0 Å². The minimum atomic E-state index is -4.51. The predicted molar refractivity (Wildman–Crippen MR) is 100 cm³/mol. The van der Waals surface area contributed by atoms with Gasteiger partial charge in [-0.3, -0.25) is 4.55 Å². The van der Waals surface area contributed by atoms with Gasteiger partial charge in [-0.25, -0.2) is 4.18 Å². The van der Waals surface area contributed by atoms with Crippen LogP contribution >= 0.6 is 0 Å². The molecule has 4 nitrogen and oxygen atoms in total. The fourth-order valence-corrected chi connectivity index (χ4v) is 3.84. The van der Waals surface area contributed by atoms with Crippen LogP contribution in [0, 0.1) is 6.92 Å². The Morgan fingerprint density at radius 2 is 1.48 bits per heavy atom. The quantitative estimate of drug-likeness (QED) is 0.328. The van der Waals surface area contributed by atoms with Gasteiger partial charge in [0.15, 0.2) is 0 Å². The average Bonchev–Trinajstić information content (AvgIpc) is 2.60. The fraction of sp³-hybridized carbons (Fsp3) is 0.100. The van der Waals surface area contributed by atoms with E-state index >= 15 is 0 Å². The molecule has 0 aliphatic carbocycles. The molecule has 0 saturated heterocycles. The Morgan fingerprint density at radius 1 is 0.840 bits per heavy atom. The van der Waals surface area contributed by atoms with Crippen LogP contribution in [0.3, 0.4) is 0 Å². The third kappa shape index (κ3) is 2.76.